The Morgan fingerprint density at radius 1 is 1.42 bits per heavy atom. The Morgan fingerprint density at radius 3 is 2.68 bits per heavy atom. The average Bonchev–Trinajstić information content (AvgIpc) is 2.72. The number of hydrogen-bond donors (Lipinski definition) is 2. The lowest BCUT2D eigenvalue weighted by Gasteiger charge is -2.33. The minimum Gasteiger partial charge on any atom is -0.477 e. The number of aromatic carboxylic acids is 1. The zero-order valence-corrected chi connectivity index (χ0v) is 12.6. The van der Waals surface area contributed by atoms with Gasteiger partial charge in [0.1, 0.15) is 4.88 Å². The van der Waals surface area contributed by atoms with Gasteiger partial charge in [-0.2, -0.15) is 0 Å². The van der Waals surface area contributed by atoms with Crippen molar-refractivity contribution >= 4 is 17.3 Å². The van der Waals surface area contributed by atoms with Crippen LogP contribution in [0.4, 0.5) is 0 Å². The number of nitrogens with one attached hydrogen (secondary N) is 1. The van der Waals surface area contributed by atoms with E-state index in [0.29, 0.717) is 10.3 Å². The van der Waals surface area contributed by atoms with Crippen LogP contribution in [0.3, 0.4) is 0 Å². The van der Waals surface area contributed by atoms with Crippen LogP contribution in [0.25, 0.3) is 0 Å². The van der Waals surface area contributed by atoms with Gasteiger partial charge in [0.05, 0.1) is 0 Å². The molecule has 1 aliphatic rings. The van der Waals surface area contributed by atoms with Crippen molar-refractivity contribution in [3.63, 3.8) is 0 Å². The summed E-state index contributed by atoms with van der Waals surface area (Å²) < 4.78 is 0. The number of carboxylic acid groups (broad SMARTS) is 1. The molecular weight excluding hydrogens is 258 g/mol. The highest BCUT2D eigenvalue weighted by molar-refractivity contribution is 7.14. The van der Waals surface area contributed by atoms with Crippen molar-refractivity contribution < 1.29 is 9.90 Å². The number of hydrogen-bond acceptors (Lipinski definition) is 3. The van der Waals surface area contributed by atoms with Crippen molar-refractivity contribution in [3.8, 4) is 0 Å². The molecule has 4 heteroatoms. The Labute approximate surface area is 119 Å². The van der Waals surface area contributed by atoms with E-state index in [1.165, 1.54) is 43.4 Å². The molecule has 1 aromatic rings. The largest absolute Gasteiger partial charge is 0.477 e. The lowest BCUT2D eigenvalue weighted by Crippen LogP contribution is -2.33. The molecule has 0 amide bonds. The highest BCUT2D eigenvalue weighted by Crippen LogP contribution is 2.35. The topological polar surface area (TPSA) is 49.3 Å². The quantitative estimate of drug-likeness (QED) is 0.862. The fourth-order valence-electron chi connectivity index (χ4n) is 2.88. The van der Waals surface area contributed by atoms with Gasteiger partial charge in [-0.05, 0) is 36.8 Å². The van der Waals surface area contributed by atoms with Gasteiger partial charge in [-0.25, -0.2) is 4.79 Å². The Bertz CT molecular complexity index is 447. The highest BCUT2D eigenvalue weighted by Gasteiger charge is 2.26. The first-order valence-corrected chi connectivity index (χ1v) is 7.85. The molecule has 19 heavy (non-hydrogen) atoms. The van der Waals surface area contributed by atoms with Crippen LogP contribution in [0.5, 0.6) is 0 Å². The maximum Gasteiger partial charge on any atom is 0.345 e. The van der Waals surface area contributed by atoms with Crippen LogP contribution in [0.15, 0.2) is 6.07 Å². The van der Waals surface area contributed by atoms with Gasteiger partial charge in [-0.1, -0.05) is 26.2 Å². The Balaban J connectivity index is 1.87. The van der Waals surface area contributed by atoms with E-state index in [4.69, 9.17) is 5.11 Å². The minimum absolute atomic E-state index is 0.428. The highest BCUT2D eigenvalue weighted by atomic mass is 32.1. The second-order valence-electron chi connectivity index (χ2n) is 5.97. The molecule has 0 atom stereocenters. The molecule has 2 rings (SSSR count). The van der Waals surface area contributed by atoms with Crippen LogP contribution in [0.1, 0.15) is 59.1 Å². The van der Waals surface area contributed by atoms with Crippen molar-refractivity contribution in [2.45, 2.75) is 52.5 Å². The summed E-state index contributed by atoms with van der Waals surface area (Å²) in [6, 6.07) is 1.80. The molecule has 106 valence electrons. The van der Waals surface area contributed by atoms with Crippen molar-refractivity contribution in [2.24, 2.45) is 5.41 Å². The molecule has 0 unspecified atom stereocenters. The molecule has 0 radical (unpaired) electrons. The molecule has 1 aromatic heterocycles. The summed E-state index contributed by atoms with van der Waals surface area (Å²) in [7, 11) is 0. The monoisotopic (exact) mass is 281 g/mol. The van der Waals surface area contributed by atoms with Gasteiger partial charge in [-0.3, -0.25) is 0 Å². The number of thiophene rings is 1. The molecule has 2 N–H and O–H groups in total. The molecule has 1 heterocycles. The van der Waals surface area contributed by atoms with Crippen LogP contribution in [0.2, 0.25) is 0 Å². The summed E-state index contributed by atoms with van der Waals surface area (Å²) in [5, 5.41) is 12.5. The maximum absolute atomic E-state index is 10.9. The third kappa shape index (κ3) is 3.80. The Kier molecular flexibility index (Phi) is 4.63. The molecule has 1 aliphatic carbocycles. The summed E-state index contributed by atoms with van der Waals surface area (Å²) in [5.41, 5.74) is 1.56. The van der Waals surface area contributed by atoms with Crippen LogP contribution in [-0.2, 0) is 6.54 Å². The molecular formula is C15H23NO2S. The summed E-state index contributed by atoms with van der Waals surface area (Å²) in [6.07, 6.45) is 6.69. The van der Waals surface area contributed by atoms with Crippen molar-refractivity contribution in [3.05, 3.63) is 21.4 Å². The van der Waals surface area contributed by atoms with E-state index >= 15 is 0 Å². The van der Waals surface area contributed by atoms with Crippen LogP contribution < -0.4 is 5.32 Å². The number of carbonyl (C=O) groups is 1. The molecule has 0 bridgehead atoms. The summed E-state index contributed by atoms with van der Waals surface area (Å²) in [4.78, 5) is 12.5. The van der Waals surface area contributed by atoms with Gasteiger partial charge in [0.15, 0.2) is 0 Å². The van der Waals surface area contributed by atoms with Crippen LogP contribution >= 0.6 is 11.3 Å². The van der Waals surface area contributed by atoms with E-state index in [2.05, 4.69) is 12.2 Å². The van der Waals surface area contributed by atoms with Crippen molar-refractivity contribution in [2.75, 3.05) is 6.54 Å². The second kappa shape index (κ2) is 6.06. The first-order valence-electron chi connectivity index (χ1n) is 7.03. The molecule has 3 nitrogen and oxygen atoms in total. The van der Waals surface area contributed by atoms with E-state index in [-0.39, 0.29) is 0 Å². The molecule has 0 aromatic carbocycles. The molecule has 0 spiro atoms. The fourth-order valence-corrected chi connectivity index (χ4v) is 3.76. The lowest BCUT2D eigenvalue weighted by molar-refractivity contribution is 0.0702. The number of aryl methyl sites for hydroxylation is 1. The zero-order chi connectivity index (χ0) is 13.9. The van der Waals surface area contributed by atoms with Crippen molar-refractivity contribution in [1.29, 1.82) is 0 Å². The first kappa shape index (κ1) is 14.5. The molecule has 1 fully saturated rings. The SMILES string of the molecule is Cc1sc(C(=O)O)cc1CNCC1(C)CCCCC1. The van der Waals surface area contributed by atoms with Gasteiger partial charge in [0, 0.05) is 18.0 Å². The van der Waals surface area contributed by atoms with E-state index in [1.807, 2.05) is 6.92 Å². The fraction of sp³-hybridized carbons (Fsp3) is 0.667. The van der Waals surface area contributed by atoms with Gasteiger partial charge >= 0.3 is 5.97 Å². The second-order valence-corrected chi connectivity index (χ2v) is 7.23. The number of carboxylic acids is 1. The average molecular weight is 281 g/mol. The van der Waals surface area contributed by atoms with Gasteiger partial charge in [0.25, 0.3) is 0 Å². The van der Waals surface area contributed by atoms with E-state index in [9.17, 15) is 4.79 Å². The first-order chi connectivity index (χ1) is 9.00. The molecule has 0 saturated heterocycles. The van der Waals surface area contributed by atoms with Gasteiger partial charge in [-0.15, -0.1) is 11.3 Å². The van der Waals surface area contributed by atoms with Crippen molar-refractivity contribution in [1.82, 2.24) is 5.32 Å². The minimum atomic E-state index is -0.821. The third-order valence-electron chi connectivity index (χ3n) is 4.16. The lowest BCUT2D eigenvalue weighted by atomic mass is 9.76. The summed E-state index contributed by atoms with van der Waals surface area (Å²) >= 11 is 1.37. The third-order valence-corrected chi connectivity index (χ3v) is 5.24. The molecule has 1 saturated carbocycles. The maximum atomic E-state index is 10.9. The molecule has 0 aliphatic heterocycles. The standard InChI is InChI=1S/C15H23NO2S/c1-11-12(8-13(19-11)14(17)18)9-16-10-15(2)6-4-3-5-7-15/h8,16H,3-7,9-10H2,1-2H3,(H,17,18). The van der Waals surface area contributed by atoms with E-state index < -0.39 is 5.97 Å². The predicted octanol–water partition coefficient (Wildman–Crippen LogP) is 3.81. The zero-order valence-electron chi connectivity index (χ0n) is 11.8. The van der Waals surface area contributed by atoms with Gasteiger partial charge < -0.3 is 10.4 Å². The normalized spacial score (nSPS) is 18.4. The van der Waals surface area contributed by atoms with E-state index in [0.717, 1.165) is 23.5 Å². The predicted molar refractivity (Wildman–Crippen MR) is 78.9 cm³/mol. The van der Waals surface area contributed by atoms with Gasteiger partial charge in [0.2, 0.25) is 0 Å². The number of rotatable bonds is 5. The summed E-state index contributed by atoms with van der Waals surface area (Å²) in [5.74, 6) is -0.821. The van der Waals surface area contributed by atoms with Crippen LogP contribution in [-0.4, -0.2) is 17.6 Å². The smallest absolute Gasteiger partial charge is 0.345 e. The Hall–Kier alpha value is -0.870. The Morgan fingerprint density at radius 2 is 2.11 bits per heavy atom. The van der Waals surface area contributed by atoms with E-state index in [1.54, 1.807) is 6.07 Å². The summed E-state index contributed by atoms with van der Waals surface area (Å²) in [6.45, 7) is 6.18. The van der Waals surface area contributed by atoms with Crippen LogP contribution in [0, 0.1) is 12.3 Å².